The number of ether oxygens (including phenoxy) is 1. The molecule has 40 heavy (non-hydrogen) atoms. The Hall–Kier alpha value is -3.72. The lowest BCUT2D eigenvalue weighted by Crippen LogP contribution is -2.52. The number of para-hydroxylation sites is 1. The quantitative estimate of drug-likeness (QED) is 0.259. The van der Waals surface area contributed by atoms with Crippen molar-refractivity contribution in [1.29, 1.82) is 0 Å². The van der Waals surface area contributed by atoms with Gasteiger partial charge in [0.25, 0.3) is 5.91 Å². The lowest BCUT2D eigenvalue weighted by atomic mass is 10.0. The number of thioether (sulfide) groups is 1. The van der Waals surface area contributed by atoms with Crippen LogP contribution >= 0.6 is 11.8 Å². The van der Waals surface area contributed by atoms with Crippen LogP contribution in [0.4, 0.5) is 10.5 Å². The molecule has 214 valence electrons. The van der Waals surface area contributed by atoms with Gasteiger partial charge in [-0.3, -0.25) is 9.59 Å². The largest absolute Gasteiger partial charge is 0.508 e. The maximum Gasteiger partial charge on any atom is 0.408 e. The molecular weight excluding hydrogens is 526 g/mol. The zero-order valence-corrected chi connectivity index (χ0v) is 24.6. The summed E-state index contributed by atoms with van der Waals surface area (Å²) in [5.41, 5.74) is 0.126. The van der Waals surface area contributed by atoms with Gasteiger partial charge in [-0.25, -0.2) is 4.79 Å². The van der Waals surface area contributed by atoms with Crippen molar-refractivity contribution in [3.8, 4) is 5.75 Å². The van der Waals surface area contributed by atoms with Crippen molar-refractivity contribution < 1.29 is 24.2 Å². The number of benzene rings is 3. The van der Waals surface area contributed by atoms with Crippen LogP contribution in [0.2, 0.25) is 0 Å². The van der Waals surface area contributed by atoms with Crippen molar-refractivity contribution in [1.82, 2.24) is 10.2 Å². The molecule has 3 N–H and O–H groups in total. The Labute approximate surface area is 240 Å². The summed E-state index contributed by atoms with van der Waals surface area (Å²) in [7, 11) is 0. The Bertz CT molecular complexity index is 1320. The lowest BCUT2D eigenvalue weighted by molar-refractivity contribution is -0.140. The van der Waals surface area contributed by atoms with E-state index in [0.29, 0.717) is 29.8 Å². The minimum absolute atomic E-state index is 0.101. The summed E-state index contributed by atoms with van der Waals surface area (Å²) >= 11 is 1.55. The molecule has 0 aliphatic rings. The number of aromatic hydroxyl groups is 1. The average Bonchev–Trinajstić information content (AvgIpc) is 2.90. The van der Waals surface area contributed by atoms with E-state index in [1.54, 1.807) is 56.8 Å². The summed E-state index contributed by atoms with van der Waals surface area (Å²) in [6.07, 6.45) is 2.11. The molecule has 3 amide bonds. The summed E-state index contributed by atoms with van der Waals surface area (Å²) in [6.45, 7) is 7.39. The van der Waals surface area contributed by atoms with Crippen LogP contribution in [0.5, 0.6) is 5.75 Å². The predicted octanol–water partition coefficient (Wildman–Crippen LogP) is 6.11. The van der Waals surface area contributed by atoms with Crippen LogP contribution in [0, 0.1) is 0 Å². The van der Waals surface area contributed by atoms with E-state index in [1.165, 1.54) is 11.0 Å². The van der Waals surface area contributed by atoms with E-state index in [-0.39, 0.29) is 12.3 Å². The zero-order chi connectivity index (χ0) is 29.3. The first-order chi connectivity index (χ1) is 19.0. The third-order valence-corrected chi connectivity index (χ3v) is 6.80. The topological polar surface area (TPSA) is 108 Å². The molecule has 0 bridgehead atoms. The highest BCUT2D eigenvalue weighted by molar-refractivity contribution is 7.98. The van der Waals surface area contributed by atoms with Gasteiger partial charge >= 0.3 is 6.09 Å². The summed E-state index contributed by atoms with van der Waals surface area (Å²) in [4.78, 5) is 42.1. The van der Waals surface area contributed by atoms with Crippen LogP contribution in [0.15, 0.2) is 66.7 Å². The number of fused-ring (bicyclic) bond motifs is 1. The highest BCUT2D eigenvalue weighted by Gasteiger charge is 2.37. The molecule has 0 heterocycles. The average molecular weight is 566 g/mol. The number of phenols is 1. The van der Waals surface area contributed by atoms with Crippen molar-refractivity contribution in [2.24, 2.45) is 0 Å². The second-order valence-corrected chi connectivity index (χ2v) is 11.5. The first kappa shape index (κ1) is 30.8. The van der Waals surface area contributed by atoms with E-state index in [4.69, 9.17) is 4.74 Å². The van der Waals surface area contributed by atoms with Gasteiger partial charge in [-0.05, 0) is 74.6 Å². The number of nitrogens with zero attached hydrogens (tertiary/aromatic N) is 1. The van der Waals surface area contributed by atoms with Crippen molar-refractivity contribution in [3.63, 3.8) is 0 Å². The fraction of sp³-hybridized carbons (Fsp3) is 0.387. The van der Waals surface area contributed by atoms with E-state index in [2.05, 4.69) is 10.6 Å². The molecule has 9 heteroatoms. The van der Waals surface area contributed by atoms with Crippen molar-refractivity contribution >= 4 is 46.1 Å². The molecule has 0 saturated heterocycles. The molecule has 2 atom stereocenters. The second kappa shape index (κ2) is 14.1. The number of phenolic OH excluding ortho intramolecular Hbond substituents is 1. The maximum atomic E-state index is 14.1. The van der Waals surface area contributed by atoms with Gasteiger partial charge in [-0.1, -0.05) is 55.5 Å². The Morgan fingerprint density at radius 1 is 1.00 bits per heavy atom. The second-order valence-electron chi connectivity index (χ2n) is 10.5. The van der Waals surface area contributed by atoms with Crippen molar-refractivity contribution in [2.75, 3.05) is 23.9 Å². The van der Waals surface area contributed by atoms with E-state index >= 15 is 0 Å². The number of carbonyl (C=O) groups excluding carboxylic acids is 3. The van der Waals surface area contributed by atoms with Crippen LogP contribution in [0.1, 0.15) is 52.1 Å². The van der Waals surface area contributed by atoms with E-state index in [0.717, 1.165) is 10.8 Å². The van der Waals surface area contributed by atoms with E-state index < -0.39 is 35.6 Å². The molecule has 0 fully saturated rings. The van der Waals surface area contributed by atoms with Crippen molar-refractivity contribution in [2.45, 2.75) is 58.2 Å². The van der Waals surface area contributed by atoms with Gasteiger partial charge in [0, 0.05) is 17.8 Å². The molecule has 3 rings (SSSR count). The molecule has 0 saturated carbocycles. The monoisotopic (exact) mass is 565 g/mol. The van der Waals surface area contributed by atoms with Gasteiger partial charge in [0.05, 0.1) is 0 Å². The number of hydrogen-bond acceptors (Lipinski definition) is 6. The molecule has 2 unspecified atom stereocenters. The molecule has 0 aliphatic heterocycles. The maximum absolute atomic E-state index is 14.1. The van der Waals surface area contributed by atoms with Crippen LogP contribution in [0.25, 0.3) is 10.8 Å². The smallest absolute Gasteiger partial charge is 0.408 e. The van der Waals surface area contributed by atoms with Crippen LogP contribution in [-0.2, 0) is 14.3 Å². The number of nitrogens with one attached hydrogen (secondary N) is 2. The van der Waals surface area contributed by atoms with Gasteiger partial charge in [0.2, 0.25) is 5.91 Å². The summed E-state index contributed by atoms with van der Waals surface area (Å²) < 4.78 is 5.42. The van der Waals surface area contributed by atoms with Crippen molar-refractivity contribution in [3.05, 3.63) is 72.3 Å². The normalized spacial score (nSPS) is 12.8. The SMILES string of the molecule is CCCN(C(=O)C(CCSC)NC(=O)OC(C)(C)C)C(C(=O)Nc1ccc2ccccc2c1)c1ccccc1O. The predicted molar refractivity (Wildman–Crippen MR) is 162 cm³/mol. The van der Waals surface area contributed by atoms with Crippen LogP contribution < -0.4 is 10.6 Å². The first-order valence-electron chi connectivity index (χ1n) is 13.4. The Morgan fingerprint density at radius 3 is 2.33 bits per heavy atom. The summed E-state index contributed by atoms with van der Waals surface area (Å²) in [5.74, 6) is -0.393. The van der Waals surface area contributed by atoms with Gasteiger partial charge < -0.3 is 25.4 Å². The van der Waals surface area contributed by atoms with Gasteiger partial charge in [0.15, 0.2) is 0 Å². The fourth-order valence-electron chi connectivity index (χ4n) is 4.40. The number of amides is 3. The molecular formula is C31H39N3O5S. The summed E-state index contributed by atoms with van der Waals surface area (Å²) in [5, 5.41) is 18.4. The van der Waals surface area contributed by atoms with E-state index in [1.807, 2.05) is 49.6 Å². The highest BCUT2D eigenvalue weighted by atomic mass is 32.2. The Balaban J connectivity index is 1.99. The number of hydrogen-bond donors (Lipinski definition) is 3. The zero-order valence-electron chi connectivity index (χ0n) is 23.8. The number of carbonyl (C=O) groups is 3. The summed E-state index contributed by atoms with van der Waals surface area (Å²) in [6, 6.07) is 17.8. The molecule has 3 aromatic rings. The minimum Gasteiger partial charge on any atom is -0.508 e. The highest BCUT2D eigenvalue weighted by Crippen LogP contribution is 2.31. The molecule has 0 aliphatic carbocycles. The van der Waals surface area contributed by atoms with Crippen LogP contribution in [0.3, 0.4) is 0 Å². The number of anilines is 1. The number of alkyl carbamates (subject to hydrolysis) is 1. The Morgan fingerprint density at radius 2 is 1.68 bits per heavy atom. The molecule has 0 radical (unpaired) electrons. The lowest BCUT2D eigenvalue weighted by Gasteiger charge is -2.34. The number of rotatable bonds is 11. The van der Waals surface area contributed by atoms with E-state index in [9.17, 15) is 19.5 Å². The first-order valence-corrected chi connectivity index (χ1v) is 14.8. The molecule has 3 aromatic carbocycles. The third kappa shape index (κ3) is 8.39. The molecule has 8 nitrogen and oxygen atoms in total. The minimum atomic E-state index is -1.14. The Kier molecular flexibility index (Phi) is 10.8. The molecule has 0 aromatic heterocycles. The van der Waals surface area contributed by atoms with Gasteiger partial charge in [-0.2, -0.15) is 11.8 Å². The van der Waals surface area contributed by atoms with Gasteiger partial charge in [-0.15, -0.1) is 0 Å². The standard InChI is InChI=1S/C31H39N3O5S/c1-6-18-34(29(37)25(17-19-40-5)33-30(38)39-31(2,3)4)27(24-13-9-10-14-26(24)35)28(36)32-23-16-15-21-11-7-8-12-22(21)20-23/h7-16,20,25,27,35H,6,17-19H2,1-5H3,(H,32,36)(H,33,38). The third-order valence-electron chi connectivity index (χ3n) is 6.16. The fourth-order valence-corrected chi connectivity index (χ4v) is 4.87. The van der Waals surface area contributed by atoms with Crippen LogP contribution in [-0.4, -0.2) is 58.1 Å². The molecule has 0 spiro atoms. The van der Waals surface area contributed by atoms with Gasteiger partial charge in [0.1, 0.15) is 23.4 Å².